The first-order chi connectivity index (χ1) is 31.2. The maximum atomic E-state index is 4.30. The van der Waals surface area contributed by atoms with Gasteiger partial charge < -0.3 is 9.55 Å². The van der Waals surface area contributed by atoms with Crippen molar-refractivity contribution in [2.24, 2.45) is 7.05 Å². The summed E-state index contributed by atoms with van der Waals surface area (Å²) >= 11 is 0. The van der Waals surface area contributed by atoms with Crippen molar-refractivity contribution < 1.29 is 0 Å². The van der Waals surface area contributed by atoms with E-state index in [2.05, 4.69) is 179 Å². The Labute approximate surface area is 384 Å². The first kappa shape index (κ1) is 49.3. The van der Waals surface area contributed by atoms with Crippen LogP contribution in [0.15, 0.2) is 86.6 Å². The van der Waals surface area contributed by atoms with E-state index in [4.69, 9.17) is 0 Å². The first-order valence-corrected chi connectivity index (χ1v) is 22.7. The molecule has 0 atom stereocenters. The Morgan fingerprint density at radius 1 is 0.554 bits per heavy atom. The molecule has 0 spiro atoms. The Hall–Kier alpha value is -6.70. The van der Waals surface area contributed by atoms with Crippen LogP contribution >= 0.6 is 0 Å². The van der Waals surface area contributed by atoms with Crippen LogP contribution in [0.1, 0.15) is 175 Å². The molecule has 3 N–H and O–H groups in total. The topological polar surface area (TPSA) is 181 Å². The number of aromatic amines is 3. The van der Waals surface area contributed by atoms with Crippen LogP contribution in [0.2, 0.25) is 0 Å². The van der Waals surface area contributed by atoms with Gasteiger partial charge in [0.1, 0.15) is 31.0 Å². The molecule has 14 heteroatoms. The highest BCUT2D eigenvalue weighted by atomic mass is 15.1. The van der Waals surface area contributed by atoms with Gasteiger partial charge in [0.15, 0.2) is 0 Å². The lowest BCUT2D eigenvalue weighted by atomic mass is 10.0. The number of aromatic nitrogens is 14. The van der Waals surface area contributed by atoms with E-state index >= 15 is 0 Å². The lowest BCUT2D eigenvalue weighted by molar-refractivity contribution is 0.804. The second-order valence-corrected chi connectivity index (χ2v) is 17.8. The van der Waals surface area contributed by atoms with E-state index in [-0.39, 0.29) is 0 Å². The molecule has 0 bridgehead atoms. The van der Waals surface area contributed by atoms with Crippen molar-refractivity contribution in [2.45, 2.75) is 131 Å². The fourth-order valence-electron chi connectivity index (χ4n) is 7.13. The molecule has 0 unspecified atom stereocenters. The highest BCUT2D eigenvalue weighted by Crippen LogP contribution is 2.26. The zero-order valence-corrected chi connectivity index (χ0v) is 40.5. The van der Waals surface area contributed by atoms with Crippen LogP contribution in [-0.4, -0.2) is 69.8 Å². The molecule has 0 saturated heterocycles. The summed E-state index contributed by atoms with van der Waals surface area (Å²) in [5.41, 5.74) is 14.9. The quantitative estimate of drug-likeness (QED) is 0.145. The highest BCUT2D eigenvalue weighted by Gasteiger charge is 2.15. The van der Waals surface area contributed by atoms with Gasteiger partial charge >= 0.3 is 0 Å². The monoisotopic (exact) mass is 877 g/mol. The van der Waals surface area contributed by atoms with Gasteiger partial charge in [-0.2, -0.15) is 10.2 Å². The maximum Gasteiger partial charge on any atom is 0.143 e. The van der Waals surface area contributed by atoms with Crippen molar-refractivity contribution in [1.29, 1.82) is 0 Å². The van der Waals surface area contributed by atoms with Crippen LogP contribution in [-0.2, 0) is 19.9 Å². The SMILES string of the molecule is CC(C)c1ccn[nH]1.CC(C)c1cn[nH]c1.CC(C)c1ncnc2c1C=CC2.CC(C)c1ncnc2c1C=CC2.CC(C)c1ncnc2c1ccn2C.CC(C)c1ncnc2cc[nH]c12. The normalized spacial score (nSPS) is 12.0. The average Bonchev–Trinajstić information content (AvgIpc) is 4.15. The van der Waals surface area contributed by atoms with Crippen molar-refractivity contribution in [3.05, 3.63) is 143 Å². The van der Waals surface area contributed by atoms with Gasteiger partial charge in [-0.25, -0.2) is 39.9 Å². The van der Waals surface area contributed by atoms with E-state index < -0.39 is 0 Å². The standard InChI is InChI=1S/C10H13N3.2C10H12N2.C9H11N3.2C6H10N2/c1-7(2)9-8-4-5-13(3)10(8)12-6-11-9;2*1-7(2)10-8-4-3-5-9(8)11-6-12-10;1-6(2)8-9-7(3-4-10-9)11-5-12-8;1-5(2)6-3-7-8-4-6;1-5(2)6-3-4-7-8-6/h4-7H,1-3H3;2*3-4,6-7H,5H2,1-2H3;3-6,10H,1-2H3;2*3-5H,1-2H3,(H,7,8). The molecule has 0 radical (unpaired) electrons. The summed E-state index contributed by atoms with van der Waals surface area (Å²) in [6.07, 6.45) is 26.5. The third-order valence-electron chi connectivity index (χ3n) is 10.8. The molecular weight excluding hydrogens is 809 g/mol. The molecule has 8 aromatic heterocycles. The number of aryl methyl sites for hydroxylation is 1. The van der Waals surface area contributed by atoms with Gasteiger partial charge in [-0.1, -0.05) is 107 Å². The number of nitrogens with zero attached hydrogens (tertiary/aromatic N) is 11. The fourth-order valence-corrected chi connectivity index (χ4v) is 7.13. The lowest BCUT2D eigenvalue weighted by Gasteiger charge is -2.07. The number of rotatable bonds is 6. The Morgan fingerprint density at radius 2 is 1.11 bits per heavy atom. The van der Waals surface area contributed by atoms with E-state index in [1.54, 1.807) is 31.5 Å². The molecule has 65 heavy (non-hydrogen) atoms. The average molecular weight is 877 g/mol. The number of hydrogen-bond acceptors (Lipinski definition) is 10. The van der Waals surface area contributed by atoms with E-state index in [1.807, 2.05) is 48.5 Å². The van der Waals surface area contributed by atoms with Crippen LogP contribution in [0.25, 0.3) is 34.2 Å². The van der Waals surface area contributed by atoms with Crippen LogP contribution < -0.4 is 0 Å². The molecule has 2 aliphatic rings. The van der Waals surface area contributed by atoms with Gasteiger partial charge in [-0.05, 0) is 59.3 Å². The first-order valence-electron chi connectivity index (χ1n) is 22.7. The summed E-state index contributed by atoms with van der Waals surface area (Å²) in [6.45, 7) is 25.7. The molecule has 0 fully saturated rings. The number of nitrogens with one attached hydrogen (secondary N) is 3. The summed E-state index contributed by atoms with van der Waals surface area (Å²) in [7, 11) is 2.00. The maximum absolute atomic E-state index is 4.30. The molecule has 0 aromatic carbocycles. The number of hydrogen-bond donors (Lipinski definition) is 3. The Kier molecular flexibility index (Phi) is 18.1. The minimum absolute atomic E-state index is 0.439. The van der Waals surface area contributed by atoms with Crippen LogP contribution in [0, 0.1) is 0 Å². The highest BCUT2D eigenvalue weighted by molar-refractivity contribution is 5.79. The summed E-state index contributed by atoms with van der Waals surface area (Å²) in [4.78, 5) is 37.1. The predicted octanol–water partition coefficient (Wildman–Crippen LogP) is 11.6. The van der Waals surface area contributed by atoms with Gasteiger partial charge in [0.2, 0.25) is 0 Å². The molecule has 8 heterocycles. The van der Waals surface area contributed by atoms with Gasteiger partial charge in [0.05, 0.1) is 51.4 Å². The van der Waals surface area contributed by atoms with Crippen LogP contribution in [0.5, 0.6) is 0 Å². The minimum atomic E-state index is 0.439. The van der Waals surface area contributed by atoms with Crippen molar-refractivity contribution in [3.63, 3.8) is 0 Å². The third-order valence-corrected chi connectivity index (χ3v) is 10.8. The van der Waals surface area contributed by atoms with Crippen molar-refractivity contribution in [3.8, 4) is 0 Å². The molecule has 14 nitrogen and oxygen atoms in total. The molecule has 0 amide bonds. The molecule has 2 aliphatic carbocycles. The van der Waals surface area contributed by atoms with Gasteiger partial charge in [-0.15, -0.1) is 0 Å². The summed E-state index contributed by atoms with van der Waals surface area (Å²) in [5, 5.41) is 14.5. The minimum Gasteiger partial charge on any atom is -0.358 e. The predicted molar refractivity (Wildman–Crippen MR) is 264 cm³/mol. The largest absolute Gasteiger partial charge is 0.358 e. The summed E-state index contributed by atoms with van der Waals surface area (Å²) < 4.78 is 2.02. The molecular formula is C51H68N14. The summed E-state index contributed by atoms with van der Waals surface area (Å²) in [5.74, 6) is 3.03. The number of allylic oxidation sites excluding steroid dienone is 2. The van der Waals surface area contributed by atoms with E-state index in [9.17, 15) is 0 Å². The Balaban J connectivity index is 0.000000148. The molecule has 10 rings (SSSR count). The van der Waals surface area contributed by atoms with Crippen molar-refractivity contribution in [2.75, 3.05) is 0 Å². The van der Waals surface area contributed by atoms with Crippen LogP contribution in [0.3, 0.4) is 0 Å². The van der Waals surface area contributed by atoms with E-state index in [1.165, 1.54) is 50.5 Å². The molecule has 0 aliphatic heterocycles. The number of fused-ring (bicyclic) bond motifs is 4. The molecule has 0 saturated carbocycles. The second-order valence-electron chi connectivity index (χ2n) is 17.8. The fraction of sp³-hybridized carbons (Fsp3) is 0.412. The lowest BCUT2D eigenvalue weighted by Crippen LogP contribution is -2.00. The van der Waals surface area contributed by atoms with Crippen molar-refractivity contribution >= 4 is 34.2 Å². The zero-order chi connectivity index (χ0) is 47.0. The van der Waals surface area contributed by atoms with E-state index in [0.29, 0.717) is 35.5 Å². The second kappa shape index (κ2) is 23.8. The van der Waals surface area contributed by atoms with E-state index in [0.717, 1.165) is 40.9 Å². The third kappa shape index (κ3) is 13.4. The smallest absolute Gasteiger partial charge is 0.143 e. The summed E-state index contributed by atoms with van der Waals surface area (Å²) in [6, 6.07) is 6.03. The van der Waals surface area contributed by atoms with Crippen LogP contribution in [0.4, 0.5) is 0 Å². The van der Waals surface area contributed by atoms with Gasteiger partial charge in [-0.3, -0.25) is 10.2 Å². The van der Waals surface area contributed by atoms with Gasteiger partial charge in [0, 0.05) is 66.9 Å². The Morgan fingerprint density at radius 3 is 1.58 bits per heavy atom. The number of H-pyrrole nitrogens is 3. The Bertz CT molecular complexity index is 2590. The zero-order valence-electron chi connectivity index (χ0n) is 40.5. The van der Waals surface area contributed by atoms with Crippen molar-refractivity contribution in [1.82, 2.24) is 69.8 Å². The molecule has 342 valence electrons. The van der Waals surface area contributed by atoms with Gasteiger partial charge in [0.25, 0.3) is 0 Å². The molecule has 8 aromatic rings.